The van der Waals surface area contributed by atoms with Gasteiger partial charge in [0.25, 0.3) is 0 Å². The molecule has 2 nitrogen and oxygen atoms in total. The van der Waals surface area contributed by atoms with Gasteiger partial charge >= 0.3 is 5.97 Å². The molecule has 0 bridgehead atoms. The molecule has 0 rings (SSSR count). The molecule has 0 saturated heterocycles. The Labute approximate surface area is 50.7 Å². The maximum absolute atomic E-state index is 10.2. The van der Waals surface area contributed by atoms with Gasteiger partial charge in [0.2, 0.25) is 0 Å². The van der Waals surface area contributed by atoms with E-state index in [1.807, 2.05) is 6.66 Å². The lowest BCUT2D eigenvalue weighted by Gasteiger charge is -1.94. The first-order valence-electron chi connectivity index (χ1n) is 2.25. The fourth-order valence-electron chi connectivity index (χ4n) is 0.202. The van der Waals surface area contributed by atoms with Gasteiger partial charge < -0.3 is 4.74 Å². The molecule has 0 aromatic carbocycles. The molecule has 0 aromatic rings. The fraction of sp³-hybridized carbons (Fsp3) is 0.400. The predicted octanol–water partition coefficient (Wildman–Crippen LogP) is 0.981. The fourth-order valence-corrected chi connectivity index (χ4v) is 0.489. The molecule has 0 aliphatic heterocycles. The van der Waals surface area contributed by atoms with E-state index < -0.39 is 0 Å². The summed E-state index contributed by atoms with van der Waals surface area (Å²) in [5.74, 6) is -0.334. The highest BCUT2D eigenvalue weighted by atomic mass is 31.1. The minimum absolute atomic E-state index is 0.334. The summed E-state index contributed by atoms with van der Waals surface area (Å²) < 4.78 is 4.60. The van der Waals surface area contributed by atoms with Crippen molar-refractivity contribution in [3.8, 4) is 0 Å². The first-order valence-corrected chi connectivity index (χ1v) is 3.95. The van der Waals surface area contributed by atoms with Crippen molar-refractivity contribution in [2.24, 2.45) is 0 Å². The normalized spacial score (nSPS) is 9.62. The second-order valence-electron chi connectivity index (χ2n) is 1.17. The lowest BCUT2D eigenvalue weighted by atomic mass is 10.7. The molecule has 8 heavy (non-hydrogen) atoms. The summed E-state index contributed by atoms with van der Waals surface area (Å²) in [6.45, 7) is 5.21. The minimum Gasteiger partial charge on any atom is -0.458 e. The van der Waals surface area contributed by atoms with Crippen LogP contribution in [-0.2, 0) is 9.53 Å². The van der Waals surface area contributed by atoms with Gasteiger partial charge in [-0.2, -0.15) is 0 Å². The van der Waals surface area contributed by atoms with Crippen molar-refractivity contribution in [2.45, 2.75) is 0 Å². The average molecular weight is 132 g/mol. The number of carbonyl (C=O) groups excluding carboxylic acids is 1. The topological polar surface area (TPSA) is 26.3 Å². The summed E-state index contributed by atoms with van der Waals surface area (Å²) in [4.78, 5) is 10.2. The maximum Gasteiger partial charge on any atom is 0.330 e. The van der Waals surface area contributed by atoms with E-state index in [4.69, 9.17) is 0 Å². The largest absolute Gasteiger partial charge is 0.458 e. The molecule has 46 valence electrons. The SMILES string of the molecule is C=CC(=O)OCPC. The molecule has 1 unspecified atom stereocenters. The third kappa shape index (κ3) is 3.82. The van der Waals surface area contributed by atoms with Gasteiger partial charge in [-0.1, -0.05) is 15.2 Å². The Balaban J connectivity index is 3.11. The van der Waals surface area contributed by atoms with E-state index in [1.165, 1.54) is 6.08 Å². The third-order valence-electron chi connectivity index (χ3n) is 0.525. The Bertz CT molecular complexity index is 90.4. The van der Waals surface area contributed by atoms with Gasteiger partial charge in [0.05, 0.1) is 0 Å². The van der Waals surface area contributed by atoms with E-state index in [1.54, 1.807) is 0 Å². The van der Waals surface area contributed by atoms with Gasteiger partial charge in [0.15, 0.2) is 0 Å². The van der Waals surface area contributed by atoms with E-state index in [0.717, 1.165) is 0 Å². The number of esters is 1. The van der Waals surface area contributed by atoms with Crippen molar-refractivity contribution in [1.29, 1.82) is 0 Å². The Kier molecular flexibility index (Phi) is 4.58. The van der Waals surface area contributed by atoms with Crippen LogP contribution in [0.15, 0.2) is 12.7 Å². The standard InChI is InChI=1S/C5H9O2P/c1-3-5(6)7-4-8-2/h3,8H,1,4H2,2H3. The van der Waals surface area contributed by atoms with Crippen LogP contribution in [0.1, 0.15) is 0 Å². The van der Waals surface area contributed by atoms with Crippen molar-refractivity contribution >= 4 is 14.6 Å². The quantitative estimate of drug-likeness (QED) is 0.325. The molecule has 0 amide bonds. The van der Waals surface area contributed by atoms with Gasteiger partial charge in [-0.3, -0.25) is 0 Å². The van der Waals surface area contributed by atoms with Crippen LogP contribution in [0.5, 0.6) is 0 Å². The summed E-state index contributed by atoms with van der Waals surface area (Å²) in [6, 6.07) is 0. The predicted molar refractivity (Wildman–Crippen MR) is 35.4 cm³/mol. The highest BCUT2D eigenvalue weighted by molar-refractivity contribution is 7.36. The molecule has 0 heterocycles. The summed E-state index contributed by atoms with van der Waals surface area (Å²) in [6.07, 6.45) is 1.69. The van der Waals surface area contributed by atoms with Crippen LogP contribution in [-0.4, -0.2) is 19.0 Å². The Morgan fingerprint density at radius 2 is 2.62 bits per heavy atom. The molecule has 0 radical (unpaired) electrons. The van der Waals surface area contributed by atoms with Gasteiger partial charge in [-0.15, -0.1) is 0 Å². The number of carbonyl (C=O) groups is 1. The van der Waals surface area contributed by atoms with E-state index in [9.17, 15) is 4.79 Å². The van der Waals surface area contributed by atoms with E-state index >= 15 is 0 Å². The molecule has 1 atom stereocenters. The molecule has 3 heteroatoms. The Morgan fingerprint density at radius 3 is 3.00 bits per heavy atom. The van der Waals surface area contributed by atoms with Crippen molar-refractivity contribution in [2.75, 3.05) is 13.0 Å². The first-order chi connectivity index (χ1) is 3.81. The van der Waals surface area contributed by atoms with Gasteiger partial charge in [0.1, 0.15) is 6.35 Å². The maximum atomic E-state index is 10.2. The lowest BCUT2D eigenvalue weighted by Crippen LogP contribution is -1.96. The summed E-state index contributed by atoms with van der Waals surface area (Å²) in [5.41, 5.74) is 0. The highest BCUT2D eigenvalue weighted by Gasteiger charge is 1.89. The Hall–Kier alpha value is -0.360. The van der Waals surface area contributed by atoms with Crippen LogP contribution in [0.3, 0.4) is 0 Å². The molecule has 0 aromatic heterocycles. The molecule has 0 fully saturated rings. The lowest BCUT2D eigenvalue weighted by molar-refractivity contribution is -0.135. The van der Waals surface area contributed by atoms with Crippen molar-refractivity contribution < 1.29 is 9.53 Å². The van der Waals surface area contributed by atoms with Gasteiger partial charge in [-0.05, 0) is 6.66 Å². The smallest absolute Gasteiger partial charge is 0.330 e. The van der Waals surface area contributed by atoms with Crippen molar-refractivity contribution in [3.05, 3.63) is 12.7 Å². The molecule has 0 aliphatic carbocycles. The summed E-state index contributed by atoms with van der Waals surface area (Å²) in [7, 11) is 0.663. The third-order valence-corrected chi connectivity index (χ3v) is 0.958. The molecular weight excluding hydrogens is 123 g/mol. The molecule has 0 saturated carbocycles. The molecule has 0 spiro atoms. The van der Waals surface area contributed by atoms with Crippen molar-refractivity contribution in [1.82, 2.24) is 0 Å². The van der Waals surface area contributed by atoms with Crippen LogP contribution in [0.4, 0.5) is 0 Å². The number of ether oxygens (including phenoxy) is 1. The Morgan fingerprint density at radius 1 is 2.00 bits per heavy atom. The second-order valence-corrected chi connectivity index (χ2v) is 2.16. The molecule has 0 aliphatic rings. The number of hydrogen-bond acceptors (Lipinski definition) is 2. The number of rotatable bonds is 3. The van der Waals surface area contributed by atoms with Gasteiger partial charge in [-0.25, -0.2) is 4.79 Å². The molecule has 0 N–H and O–H groups in total. The van der Waals surface area contributed by atoms with Crippen LogP contribution in [0, 0.1) is 0 Å². The van der Waals surface area contributed by atoms with Crippen LogP contribution >= 0.6 is 8.58 Å². The monoisotopic (exact) mass is 132 g/mol. The molecular formula is C5H9O2P. The zero-order valence-corrected chi connectivity index (χ0v) is 5.81. The van der Waals surface area contributed by atoms with Crippen LogP contribution in [0.25, 0.3) is 0 Å². The first kappa shape index (κ1) is 7.64. The van der Waals surface area contributed by atoms with E-state index in [2.05, 4.69) is 11.3 Å². The van der Waals surface area contributed by atoms with Crippen LogP contribution in [0.2, 0.25) is 0 Å². The van der Waals surface area contributed by atoms with Gasteiger partial charge in [0, 0.05) is 6.08 Å². The van der Waals surface area contributed by atoms with E-state index in [0.29, 0.717) is 14.9 Å². The highest BCUT2D eigenvalue weighted by Crippen LogP contribution is 2.00. The number of hydrogen-bond donors (Lipinski definition) is 0. The van der Waals surface area contributed by atoms with Crippen LogP contribution < -0.4 is 0 Å². The zero-order chi connectivity index (χ0) is 6.41. The minimum atomic E-state index is -0.334. The average Bonchev–Trinajstić information content (AvgIpc) is 1.83. The van der Waals surface area contributed by atoms with Crippen molar-refractivity contribution in [3.63, 3.8) is 0 Å². The second kappa shape index (κ2) is 4.79. The summed E-state index contributed by atoms with van der Waals surface area (Å²) >= 11 is 0. The van der Waals surface area contributed by atoms with E-state index in [-0.39, 0.29) is 5.97 Å². The summed E-state index contributed by atoms with van der Waals surface area (Å²) in [5, 5.41) is 0. The zero-order valence-electron chi connectivity index (χ0n) is 4.81.